The maximum absolute atomic E-state index is 12.7. The Labute approximate surface area is 164 Å². The maximum Gasteiger partial charge on any atom is 0.411 e. The van der Waals surface area contributed by atoms with Gasteiger partial charge in [-0.05, 0) is 61.4 Å². The van der Waals surface area contributed by atoms with E-state index in [2.05, 4.69) is 15.4 Å². The van der Waals surface area contributed by atoms with E-state index in [4.69, 9.17) is 0 Å². The van der Waals surface area contributed by atoms with Crippen LogP contribution in [0.1, 0.15) is 11.1 Å². The summed E-state index contributed by atoms with van der Waals surface area (Å²) in [5, 5.41) is 5.11. The summed E-state index contributed by atoms with van der Waals surface area (Å²) < 4.78 is 30.8. The molecule has 0 aromatic heterocycles. The van der Waals surface area contributed by atoms with Crippen molar-refractivity contribution in [1.29, 1.82) is 0 Å². The van der Waals surface area contributed by atoms with Gasteiger partial charge in [-0.1, -0.05) is 6.07 Å². The van der Waals surface area contributed by atoms with Crippen molar-refractivity contribution in [1.82, 2.24) is 4.31 Å². The van der Waals surface area contributed by atoms with Crippen molar-refractivity contribution in [2.24, 2.45) is 0 Å². The lowest BCUT2D eigenvalue weighted by Gasteiger charge is -2.17. The molecule has 150 valence electrons. The molecule has 9 heteroatoms. The maximum atomic E-state index is 12.7. The molecule has 0 bridgehead atoms. The highest BCUT2D eigenvalue weighted by Gasteiger charge is 2.23. The van der Waals surface area contributed by atoms with Gasteiger partial charge in [0.2, 0.25) is 15.9 Å². The van der Waals surface area contributed by atoms with E-state index in [9.17, 15) is 18.0 Å². The van der Waals surface area contributed by atoms with E-state index in [1.807, 2.05) is 13.8 Å². The number of nitrogens with zero attached hydrogens (tertiary/aromatic N) is 1. The first kappa shape index (κ1) is 21.4. The Hall–Kier alpha value is -2.91. The number of methoxy groups -OCH3 is 1. The average molecular weight is 405 g/mol. The Morgan fingerprint density at radius 3 is 2.07 bits per heavy atom. The zero-order valence-electron chi connectivity index (χ0n) is 16.1. The number of amides is 2. The number of sulfonamides is 1. The topological polar surface area (TPSA) is 105 Å². The molecule has 2 aromatic carbocycles. The molecular weight excluding hydrogens is 382 g/mol. The second kappa shape index (κ2) is 8.85. The van der Waals surface area contributed by atoms with Crippen molar-refractivity contribution < 1.29 is 22.7 Å². The number of benzene rings is 2. The first-order valence-corrected chi connectivity index (χ1v) is 9.86. The largest absolute Gasteiger partial charge is 0.453 e. The predicted molar refractivity (Wildman–Crippen MR) is 107 cm³/mol. The molecule has 28 heavy (non-hydrogen) atoms. The van der Waals surface area contributed by atoms with E-state index in [0.29, 0.717) is 11.4 Å². The van der Waals surface area contributed by atoms with Gasteiger partial charge in [-0.3, -0.25) is 10.1 Å². The highest BCUT2D eigenvalue weighted by molar-refractivity contribution is 7.89. The number of aryl methyl sites for hydroxylation is 2. The molecule has 0 saturated carbocycles. The van der Waals surface area contributed by atoms with Gasteiger partial charge in [0.1, 0.15) is 0 Å². The first-order valence-electron chi connectivity index (χ1n) is 8.42. The van der Waals surface area contributed by atoms with Crippen LogP contribution in [0.5, 0.6) is 0 Å². The molecule has 0 unspecified atom stereocenters. The van der Waals surface area contributed by atoms with Crippen LogP contribution in [0.15, 0.2) is 47.4 Å². The van der Waals surface area contributed by atoms with Gasteiger partial charge in [0.25, 0.3) is 0 Å². The van der Waals surface area contributed by atoms with Crippen molar-refractivity contribution in [2.75, 3.05) is 31.3 Å². The monoisotopic (exact) mass is 405 g/mol. The van der Waals surface area contributed by atoms with Crippen molar-refractivity contribution in [3.05, 3.63) is 53.6 Å². The SMILES string of the molecule is COC(=O)Nc1ccc(NC(=O)CN(C)S(=O)(=O)c2ccc(C)c(C)c2)cc1. The second-order valence-electron chi connectivity index (χ2n) is 6.25. The average Bonchev–Trinajstić information content (AvgIpc) is 2.65. The number of carbonyl (C=O) groups excluding carboxylic acids is 2. The summed E-state index contributed by atoms with van der Waals surface area (Å²) in [6, 6.07) is 11.2. The summed E-state index contributed by atoms with van der Waals surface area (Å²) in [5.74, 6) is -0.483. The summed E-state index contributed by atoms with van der Waals surface area (Å²) in [6.07, 6.45) is -0.602. The van der Waals surface area contributed by atoms with Gasteiger partial charge in [0.05, 0.1) is 18.6 Å². The molecule has 0 aliphatic rings. The molecule has 0 fully saturated rings. The minimum absolute atomic E-state index is 0.143. The van der Waals surface area contributed by atoms with Crippen LogP contribution in [0.4, 0.5) is 16.2 Å². The summed E-state index contributed by atoms with van der Waals surface area (Å²) in [6.45, 7) is 3.39. The van der Waals surface area contributed by atoms with E-state index in [1.54, 1.807) is 36.4 Å². The first-order chi connectivity index (χ1) is 13.1. The summed E-state index contributed by atoms with van der Waals surface area (Å²) in [5.41, 5.74) is 2.82. The van der Waals surface area contributed by atoms with Crippen LogP contribution in [-0.2, 0) is 19.6 Å². The fraction of sp³-hybridized carbons (Fsp3) is 0.263. The zero-order valence-corrected chi connectivity index (χ0v) is 17.0. The number of likely N-dealkylation sites (N-methyl/N-ethyl adjacent to an activating group) is 1. The summed E-state index contributed by atoms with van der Waals surface area (Å²) in [4.78, 5) is 23.5. The fourth-order valence-corrected chi connectivity index (χ4v) is 3.56. The Morgan fingerprint density at radius 2 is 1.54 bits per heavy atom. The molecule has 0 heterocycles. The molecule has 2 amide bonds. The summed E-state index contributed by atoms with van der Waals surface area (Å²) >= 11 is 0. The standard InChI is InChI=1S/C19H23N3O5S/c1-13-5-10-17(11-14(13)2)28(25,26)22(3)12-18(23)20-15-6-8-16(9-7-15)21-19(24)27-4/h5-11H,12H2,1-4H3,(H,20,23)(H,21,24). The molecule has 0 spiro atoms. The highest BCUT2D eigenvalue weighted by atomic mass is 32.2. The molecule has 0 radical (unpaired) electrons. The molecular formula is C19H23N3O5S. The molecule has 8 nitrogen and oxygen atoms in total. The van der Waals surface area contributed by atoms with Crippen LogP contribution in [0.25, 0.3) is 0 Å². The predicted octanol–water partition coefficient (Wildman–Crippen LogP) is 2.74. The van der Waals surface area contributed by atoms with Gasteiger partial charge in [-0.15, -0.1) is 0 Å². The molecule has 0 atom stereocenters. The van der Waals surface area contributed by atoms with Crippen LogP contribution >= 0.6 is 0 Å². The van der Waals surface area contributed by atoms with Gasteiger partial charge in [0, 0.05) is 18.4 Å². The summed E-state index contributed by atoms with van der Waals surface area (Å²) in [7, 11) is -1.17. The van der Waals surface area contributed by atoms with Gasteiger partial charge in [-0.25, -0.2) is 13.2 Å². The number of rotatable bonds is 6. The number of carbonyl (C=O) groups is 2. The Kier molecular flexibility index (Phi) is 6.76. The van der Waals surface area contributed by atoms with Crippen molar-refractivity contribution in [2.45, 2.75) is 18.7 Å². The third-order valence-electron chi connectivity index (χ3n) is 4.15. The van der Waals surface area contributed by atoms with Crippen LogP contribution in [-0.4, -0.2) is 45.4 Å². The second-order valence-corrected chi connectivity index (χ2v) is 8.29. The Bertz CT molecular complexity index is 972. The molecule has 2 aromatic rings. The van der Waals surface area contributed by atoms with E-state index in [1.165, 1.54) is 20.2 Å². The minimum atomic E-state index is -3.78. The number of hydrogen-bond donors (Lipinski definition) is 2. The van der Waals surface area contributed by atoms with Gasteiger partial charge in [-0.2, -0.15) is 4.31 Å². The van der Waals surface area contributed by atoms with E-state index < -0.39 is 22.0 Å². The van der Waals surface area contributed by atoms with E-state index in [0.717, 1.165) is 15.4 Å². The lowest BCUT2D eigenvalue weighted by Crippen LogP contribution is -2.35. The number of anilines is 2. The van der Waals surface area contributed by atoms with Gasteiger partial charge < -0.3 is 10.1 Å². The Morgan fingerprint density at radius 1 is 0.964 bits per heavy atom. The quantitative estimate of drug-likeness (QED) is 0.769. The molecule has 0 saturated heterocycles. The van der Waals surface area contributed by atoms with Crippen LogP contribution in [0, 0.1) is 13.8 Å². The van der Waals surface area contributed by atoms with E-state index in [-0.39, 0.29) is 11.4 Å². The minimum Gasteiger partial charge on any atom is -0.453 e. The lowest BCUT2D eigenvalue weighted by molar-refractivity contribution is -0.116. The molecule has 2 N–H and O–H groups in total. The van der Waals surface area contributed by atoms with Crippen LogP contribution in [0.2, 0.25) is 0 Å². The van der Waals surface area contributed by atoms with Crippen LogP contribution in [0.3, 0.4) is 0 Å². The zero-order chi connectivity index (χ0) is 20.9. The normalized spacial score (nSPS) is 11.2. The smallest absolute Gasteiger partial charge is 0.411 e. The van der Waals surface area contributed by atoms with Crippen molar-refractivity contribution >= 4 is 33.4 Å². The van der Waals surface area contributed by atoms with Gasteiger partial charge in [0.15, 0.2) is 0 Å². The van der Waals surface area contributed by atoms with Gasteiger partial charge >= 0.3 is 6.09 Å². The molecule has 2 rings (SSSR count). The number of hydrogen-bond acceptors (Lipinski definition) is 5. The Balaban J connectivity index is 2.01. The third-order valence-corrected chi connectivity index (χ3v) is 5.95. The molecule has 0 aliphatic heterocycles. The third kappa shape index (κ3) is 5.30. The molecule has 0 aliphatic carbocycles. The van der Waals surface area contributed by atoms with Crippen molar-refractivity contribution in [3.8, 4) is 0 Å². The number of nitrogens with one attached hydrogen (secondary N) is 2. The number of ether oxygens (including phenoxy) is 1. The van der Waals surface area contributed by atoms with E-state index >= 15 is 0 Å². The van der Waals surface area contributed by atoms with Crippen LogP contribution < -0.4 is 10.6 Å². The fourth-order valence-electron chi connectivity index (χ4n) is 2.35. The highest BCUT2D eigenvalue weighted by Crippen LogP contribution is 2.18. The lowest BCUT2D eigenvalue weighted by atomic mass is 10.1. The van der Waals surface area contributed by atoms with Crippen molar-refractivity contribution in [3.63, 3.8) is 0 Å².